The molecule has 0 radical (unpaired) electrons. The van der Waals surface area contributed by atoms with Gasteiger partial charge in [0.15, 0.2) is 0 Å². The van der Waals surface area contributed by atoms with Crippen molar-refractivity contribution in [3.8, 4) is 0 Å². The Labute approximate surface area is 154 Å². The van der Waals surface area contributed by atoms with Gasteiger partial charge in [0.25, 0.3) is 0 Å². The zero-order valence-corrected chi connectivity index (χ0v) is 16.8. The molecule has 0 aliphatic carbocycles. The third-order valence-electron chi connectivity index (χ3n) is 4.14. The third-order valence-corrected chi connectivity index (χ3v) is 4.58. The van der Waals surface area contributed by atoms with Crippen molar-refractivity contribution in [3.63, 3.8) is 0 Å². The van der Waals surface area contributed by atoms with Gasteiger partial charge in [0.2, 0.25) is 0 Å². The highest BCUT2D eigenvalue weighted by molar-refractivity contribution is 14.1. The molecule has 4 atom stereocenters. The van der Waals surface area contributed by atoms with Gasteiger partial charge in [-0.2, -0.15) is 0 Å². The summed E-state index contributed by atoms with van der Waals surface area (Å²) >= 11 is 1.90. The van der Waals surface area contributed by atoms with Gasteiger partial charge >= 0.3 is 0 Å². The van der Waals surface area contributed by atoms with E-state index >= 15 is 0 Å². The van der Waals surface area contributed by atoms with E-state index in [4.69, 9.17) is 17.6 Å². The predicted molar refractivity (Wildman–Crippen MR) is 99.6 cm³/mol. The molecule has 4 N–H and O–H groups in total. The standard InChI is InChI=1S/C13H23IO5.C2H6.CH5N/c14-17-7-1-2-11-8-13(9-16)12(18-11)4-3-10(19-13)5-6-15;2*1-2/h10-12,15-16H,1-9H2;1-2H3;2H2,1H3. The van der Waals surface area contributed by atoms with Crippen LogP contribution in [0.25, 0.3) is 0 Å². The van der Waals surface area contributed by atoms with Crippen LogP contribution in [0.3, 0.4) is 0 Å². The van der Waals surface area contributed by atoms with Crippen molar-refractivity contribution in [2.45, 2.75) is 76.3 Å². The minimum atomic E-state index is -0.548. The number of halogens is 1. The van der Waals surface area contributed by atoms with Gasteiger partial charge in [-0.15, -0.1) is 0 Å². The van der Waals surface area contributed by atoms with Gasteiger partial charge in [0, 0.05) is 13.0 Å². The van der Waals surface area contributed by atoms with Crippen LogP contribution in [0.5, 0.6) is 0 Å². The summed E-state index contributed by atoms with van der Waals surface area (Å²) in [6, 6.07) is 0. The molecule has 2 heterocycles. The van der Waals surface area contributed by atoms with E-state index in [1.54, 1.807) is 0 Å². The maximum Gasteiger partial charge on any atom is 0.120 e. The quantitative estimate of drug-likeness (QED) is 0.409. The molecule has 2 aliphatic heterocycles. The van der Waals surface area contributed by atoms with Gasteiger partial charge in [-0.25, -0.2) is 0 Å². The number of aliphatic hydroxyl groups excluding tert-OH is 2. The molecule has 140 valence electrons. The zero-order valence-electron chi connectivity index (χ0n) is 14.7. The number of nitrogens with two attached hydrogens (primary N) is 1. The van der Waals surface area contributed by atoms with Crippen LogP contribution in [-0.2, 0) is 12.5 Å². The second-order valence-electron chi connectivity index (χ2n) is 5.46. The Balaban J connectivity index is 0.00000112. The number of aliphatic hydroxyl groups is 2. The predicted octanol–water partition coefficient (Wildman–Crippen LogP) is 2.18. The fourth-order valence-electron chi connectivity index (χ4n) is 3.19. The molecular weight excluding hydrogens is 413 g/mol. The van der Waals surface area contributed by atoms with Crippen LogP contribution in [0, 0.1) is 0 Å². The largest absolute Gasteiger partial charge is 0.396 e. The maximum atomic E-state index is 9.73. The second kappa shape index (κ2) is 13.7. The first-order valence-electron chi connectivity index (χ1n) is 8.60. The van der Waals surface area contributed by atoms with E-state index in [1.807, 2.05) is 36.9 Å². The highest BCUT2D eigenvalue weighted by atomic mass is 127. The molecule has 23 heavy (non-hydrogen) atoms. The van der Waals surface area contributed by atoms with Crippen LogP contribution in [0.4, 0.5) is 0 Å². The van der Waals surface area contributed by atoms with Crippen molar-refractivity contribution in [2.75, 3.05) is 26.9 Å². The molecule has 6 nitrogen and oxygen atoms in total. The molecule has 0 spiro atoms. The maximum absolute atomic E-state index is 9.73. The van der Waals surface area contributed by atoms with Crippen LogP contribution < -0.4 is 5.73 Å². The molecule has 2 rings (SSSR count). The molecule has 0 aromatic heterocycles. The lowest BCUT2D eigenvalue weighted by Gasteiger charge is -2.40. The van der Waals surface area contributed by atoms with Gasteiger partial charge < -0.3 is 28.5 Å². The van der Waals surface area contributed by atoms with Crippen molar-refractivity contribution in [1.82, 2.24) is 0 Å². The molecule has 2 saturated heterocycles. The van der Waals surface area contributed by atoms with E-state index in [9.17, 15) is 5.11 Å². The van der Waals surface area contributed by atoms with E-state index in [0.29, 0.717) is 6.42 Å². The normalized spacial score (nSPS) is 32.2. The van der Waals surface area contributed by atoms with Crippen molar-refractivity contribution in [2.24, 2.45) is 5.73 Å². The number of fused-ring (bicyclic) bond motifs is 1. The van der Waals surface area contributed by atoms with E-state index in [-0.39, 0.29) is 31.5 Å². The summed E-state index contributed by atoms with van der Waals surface area (Å²) < 4.78 is 17.1. The Morgan fingerprint density at radius 3 is 2.43 bits per heavy atom. The average molecular weight is 447 g/mol. The molecule has 2 aliphatic rings. The van der Waals surface area contributed by atoms with Crippen LogP contribution in [0.2, 0.25) is 0 Å². The van der Waals surface area contributed by atoms with E-state index in [0.717, 1.165) is 38.7 Å². The first kappa shape index (κ1) is 23.5. The van der Waals surface area contributed by atoms with Crippen LogP contribution in [-0.4, -0.2) is 61.0 Å². The van der Waals surface area contributed by atoms with Crippen LogP contribution >= 0.6 is 23.0 Å². The highest BCUT2D eigenvalue weighted by Crippen LogP contribution is 2.43. The lowest BCUT2D eigenvalue weighted by atomic mass is 9.86. The van der Waals surface area contributed by atoms with Gasteiger partial charge in [-0.1, -0.05) is 13.8 Å². The summed E-state index contributed by atoms with van der Waals surface area (Å²) in [5, 5.41) is 18.8. The summed E-state index contributed by atoms with van der Waals surface area (Å²) in [5.41, 5.74) is 3.95. The molecular formula is C16H34INO5. The Morgan fingerprint density at radius 1 is 1.17 bits per heavy atom. The van der Waals surface area contributed by atoms with Crippen molar-refractivity contribution in [3.05, 3.63) is 0 Å². The lowest BCUT2D eigenvalue weighted by molar-refractivity contribution is -0.185. The first-order valence-corrected chi connectivity index (χ1v) is 9.48. The summed E-state index contributed by atoms with van der Waals surface area (Å²) in [6.45, 7) is 4.86. The molecule has 0 amide bonds. The lowest BCUT2D eigenvalue weighted by Crippen LogP contribution is -2.51. The number of rotatable bonds is 7. The second-order valence-corrected chi connectivity index (χ2v) is 6.08. The van der Waals surface area contributed by atoms with E-state index < -0.39 is 5.60 Å². The molecule has 7 heteroatoms. The van der Waals surface area contributed by atoms with E-state index in [2.05, 4.69) is 5.73 Å². The number of hydrogen-bond donors (Lipinski definition) is 3. The van der Waals surface area contributed by atoms with Crippen molar-refractivity contribution < 1.29 is 22.8 Å². The van der Waals surface area contributed by atoms with Crippen LogP contribution in [0.1, 0.15) is 52.4 Å². The molecule has 0 aromatic rings. The highest BCUT2D eigenvalue weighted by Gasteiger charge is 2.52. The summed E-state index contributed by atoms with van der Waals surface area (Å²) in [5.74, 6) is 0. The molecule has 0 aromatic carbocycles. The number of hydrogen-bond acceptors (Lipinski definition) is 6. The minimum absolute atomic E-state index is 0.00111. The molecule has 0 bridgehead atoms. The monoisotopic (exact) mass is 447 g/mol. The zero-order chi connectivity index (χ0) is 17.7. The fourth-order valence-corrected chi connectivity index (χ4v) is 3.50. The smallest absolute Gasteiger partial charge is 0.120 e. The number of ether oxygens (including phenoxy) is 2. The average Bonchev–Trinajstić information content (AvgIpc) is 2.97. The third kappa shape index (κ3) is 7.09. The summed E-state index contributed by atoms with van der Waals surface area (Å²) in [7, 11) is 1.50. The van der Waals surface area contributed by atoms with E-state index in [1.165, 1.54) is 7.05 Å². The molecule has 2 fully saturated rings. The van der Waals surface area contributed by atoms with Gasteiger partial charge in [0.1, 0.15) is 28.6 Å². The minimum Gasteiger partial charge on any atom is -0.396 e. The molecule has 4 unspecified atom stereocenters. The molecule has 0 saturated carbocycles. The first-order chi connectivity index (χ1) is 11.2. The topological polar surface area (TPSA) is 94.2 Å². The Bertz CT molecular complexity index is 285. The van der Waals surface area contributed by atoms with Gasteiger partial charge in [-0.05, 0) is 39.2 Å². The van der Waals surface area contributed by atoms with Gasteiger partial charge in [0.05, 0.1) is 31.5 Å². The van der Waals surface area contributed by atoms with Crippen LogP contribution in [0.15, 0.2) is 0 Å². The van der Waals surface area contributed by atoms with Crippen molar-refractivity contribution >= 4 is 23.0 Å². The summed E-state index contributed by atoms with van der Waals surface area (Å²) in [6.07, 6.45) is 5.29. The van der Waals surface area contributed by atoms with Gasteiger partial charge in [-0.3, -0.25) is 0 Å². The summed E-state index contributed by atoms with van der Waals surface area (Å²) in [4.78, 5) is 0. The Morgan fingerprint density at radius 2 is 1.87 bits per heavy atom. The SMILES string of the molecule is CC.CN.OCCC1CCC2OC(CCCOI)CC2(CO)O1. The van der Waals surface area contributed by atoms with Crippen molar-refractivity contribution in [1.29, 1.82) is 0 Å². The fraction of sp³-hybridized carbons (Fsp3) is 1.00. The Hall–Kier alpha value is 0.490. The Kier molecular flexibility index (Phi) is 14.0.